The van der Waals surface area contributed by atoms with Gasteiger partial charge >= 0.3 is 22.3 Å². The summed E-state index contributed by atoms with van der Waals surface area (Å²) in [6.07, 6.45) is 2.81. The van der Waals surface area contributed by atoms with Gasteiger partial charge in [-0.25, -0.2) is 23.2 Å². The molecule has 4 aromatic rings. The molecule has 0 radical (unpaired) electrons. The van der Waals surface area contributed by atoms with Gasteiger partial charge in [0.25, 0.3) is 5.79 Å². The van der Waals surface area contributed by atoms with Crippen molar-refractivity contribution in [1.29, 1.82) is 0 Å². The number of nitrogens with one attached hydrogen (secondary N) is 1. The third kappa shape index (κ3) is 7.79. The van der Waals surface area contributed by atoms with Gasteiger partial charge in [-0.3, -0.25) is 9.78 Å². The van der Waals surface area contributed by atoms with Crippen LogP contribution in [0, 0.1) is 16.6 Å². The summed E-state index contributed by atoms with van der Waals surface area (Å²) >= 11 is 6.09. The van der Waals surface area contributed by atoms with E-state index in [9.17, 15) is 18.0 Å². The lowest BCUT2D eigenvalue weighted by atomic mass is 9.87. The maximum absolute atomic E-state index is 16.5. The Morgan fingerprint density at radius 2 is 1.85 bits per heavy atom. The van der Waals surface area contributed by atoms with Crippen molar-refractivity contribution in [3.05, 3.63) is 71.0 Å². The summed E-state index contributed by atoms with van der Waals surface area (Å²) in [5.41, 5.74) is 0.229. The van der Waals surface area contributed by atoms with Gasteiger partial charge in [0, 0.05) is 43.6 Å². The first-order valence-corrected chi connectivity index (χ1v) is 21.9. The lowest BCUT2D eigenvalue weighted by molar-refractivity contribution is -0.141. The number of benzene rings is 2. The molecule has 3 atom stereocenters. The molecule has 322 valence electrons. The number of imidazole rings is 1. The maximum Gasteiger partial charge on any atom is 0.422 e. The monoisotopic (exact) mass is 868 g/mol. The summed E-state index contributed by atoms with van der Waals surface area (Å²) in [4.78, 5) is 37.2. The van der Waals surface area contributed by atoms with Crippen LogP contribution >= 0.6 is 11.6 Å². The maximum atomic E-state index is 16.5. The van der Waals surface area contributed by atoms with Gasteiger partial charge in [0.2, 0.25) is 0 Å². The summed E-state index contributed by atoms with van der Waals surface area (Å²) in [6.45, 7) is 13.7. The average molecular weight is 869 g/mol. The molecule has 18 heteroatoms. The van der Waals surface area contributed by atoms with E-state index in [1.54, 1.807) is 46.0 Å². The second-order valence-electron chi connectivity index (χ2n) is 17.8. The van der Waals surface area contributed by atoms with Crippen molar-refractivity contribution in [1.82, 2.24) is 19.3 Å². The number of hydrogen-bond acceptors (Lipinski definition) is 12. The van der Waals surface area contributed by atoms with Gasteiger partial charge in [0.05, 0.1) is 47.8 Å². The van der Waals surface area contributed by atoms with Crippen LogP contribution in [0.25, 0.3) is 11.0 Å². The average Bonchev–Trinajstić information content (AvgIpc) is 3.38. The van der Waals surface area contributed by atoms with E-state index in [2.05, 4.69) is 23.7 Å². The number of carbonyl (C=O) groups excluding carboxylic acids is 2. The predicted octanol–water partition coefficient (Wildman–Crippen LogP) is 7.38. The Bertz CT molecular complexity index is 2450. The van der Waals surface area contributed by atoms with Crippen LogP contribution in [0.1, 0.15) is 91.2 Å². The molecule has 1 saturated carbocycles. The molecule has 0 bridgehead atoms. The Morgan fingerprint density at radius 1 is 1.10 bits per heavy atom. The Kier molecular flexibility index (Phi) is 10.4. The van der Waals surface area contributed by atoms with Crippen molar-refractivity contribution in [3.8, 4) is 11.5 Å². The smallest absolute Gasteiger partial charge is 0.422 e. The molecule has 3 fully saturated rings. The number of esters is 1. The molecule has 3 aliphatic heterocycles. The highest BCUT2D eigenvalue weighted by Crippen LogP contribution is 2.66. The highest BCUT2D eigenvalue weighted by Gasteiger charge is 2.59. The number of fused-ring (bicyclic) bond motifs is 2. The van der Waals surface area contributed by atoms with E-state index in [4.69, 9.17) is 40.3 Å². The number of amides is 1. The summed E-state index contributed by atoms with van der Waals surface area (Å²) in [7, 11) is -4.82. The molecular weight excluding hydrogens is 819 g/mol. The van der Waals surface area contributed by atoms with Gasteiger partial charge in [0.15, 0.2) is 17.3 Å². The topological polar surface area (TPSA) is 164 Å². The molecule has 1 unspecified atom stereocenters. The molecule has 2 saturated heterocycles. The zero-order valence-corrected chi connectivity index (χ0v) is 36.3. The first-order chi connectivity index (χ1) is 28.2. The minimum Gasteiger partial charge on any atom is -0.465 e. The molecule has 8 rings (SSSR count). The Labute approximate surface area is 353 Å². The number of anilines is 2. The van der Waals surface area contributed by atoms with Crippen molar-refractivity contribution in [2.75, 3.05) is 48.7 Å². The number of aromatic nitrogens is 3. The van der Waals surface area contributed by atoms with Crippen molar-refractivity contribution < 1.29 is 46.1 Å². The van der Waals surface area contributed by atoms with Crippen molar-refractivity contribution in [2.45, 2.75) is 91.1 Å². The van der Waals surface area contributed by atoms with Crippen molar-refractivity contribution in [3.63, 3.8) is 0 Å². The number of rotatable bonds is 10. The second kappa shape index (κ2) is 14.9. The summed E-state index contributed by atoms with van der Waals surface area (Å²) in [6, 6.07) is 11.6. The Morgan fingerprint density at radius 3 is 2.50 bits per heavy atom. The van der Waals surface area contributed by atoms with Crippen LogP contribution in [0.2, 0.25) is 5.02 Å². The summed E-state index contributed by atoms with van der Waals surface area (Å²) in [5.74, 6) is -0.842. The van der Waals surface area contributed by atoms with Gasteiger partial charge in [0.1, 0.15) is 29.2 Å². The van der Waals surface area contributed by atoms with Crippen molar-refractivity contribution >= 4 is 56.3 Å². The fourth-order valence-corrected chi connectivity index (χ4v) is 9.85. The fraction of sp³-hybridized carbons (Fsp3) is 0.524. The van der Waals surface area contributed by atoms with Crippen LogP contribution in [0.15, 0.2) is 48.7 Å². The van der Waals surface area contributed by atoms with E-state index in [0.717, 1.165) is 44.1 Å². The highest BCUT2D eigenvalue weighted by atomic mass is 35.5. The molecule has 1 amide bonds. The summed E-state index contributed by atoms with van der Waals surface area (Å²) < 4.78 is 77.7. The first-order valence-electron chi connectivity index (χ1n) is 20.1. The normalized spacial score (nSPS) is 22.9. The highest BCUT2D eigenvalue weighted by molar-refractivity contribution is 7.91. The largest absolute Gasteiger partial charge is 0.465 e. The number of carbonyl (C=O) groups is 2. The third-order valence-electron chi connectivity index (χ3n) is 11.8. The van der Waals surface area contributed by atoms with Crippen LogP contribution in [0.4, 0.5) is 20.6 Å². The van der Waals surface area contributed by atoms with E-state index in [0.29, 0.717) is 51.1 Å². The van der Waals surface area contributed by atoms with Gasteiger partial charge in [-0.05, 0) is 82.7 Å². The molecule has 1 spiro atoms. The lowest BCUT2D eigenvalue weighted by Gasteiger charge is -2.35. The molecule has 2 aromatic carbocycles. The van der Waals surface area contributed by atoms with Crippen LogP contribution < -0.4 is 23.4 Å². The standard InChI is InChI=1S/C42H50ClFN6O9S/c1-8-56-34(51)22-49(60(53,54)47-38(52)59-39(2,3)4)26-18-28(44)35-30(19-26)50(33-23-55-24-40(33,5)6)37(46-35)27-20-42(27)14-16-48(17-15-42)29-10-9-11-31-36(29)58-41(7,57-31)32-13-12-25(43)21-45-32/h9-13,18-19,21,27,33H,8,14-17,20,22-24H2,1-7H3,(H,47,52)/t27-,33+,41?/m0/s1. The van der Waals surface area contributed by atoms with Gasteiger partial charge in [-0.1, -0.05) is 31.5 Å². The van der Waals surface area contributed by atoms with Crippen LogP contribution in [0.5, 0.6) is 11.5 Å². The lowest BCUT2D eigenvalue weighted by Crippen LogP contribution is -2.47. The molecule has 4 aliphatic rings. The number of para-hydroxylation sites is 1. The van der Waals surface area contributed by atoms with E-state index in [1.165, 1.54) is 6.07 Å². The molecule has 15 nitrogen and oxygen atoms in total. The van der Waals surface area contributed by atoms with Crippen LogP contribution in [0.3, 0.4) is 0 Å². The number of halogens is 2. The fourth-order valence-electron chi connectivity index (χ4n) is 8.72. The Balaban J connectivity index is 1.10. The van der Waals surface area contributed by atoms with E-state index in [-0.39, 0.29) is 40.6 Å². The number of ether oxygens (including phenoxy) is 5. The second-order valence-corrected chi connectivity index (χ2v) is 19.8. The van der Waals surface area contributed by atoms with Gasteiger partial charge in [-0.15, -0.1) is 0 Å². The molecular formula is C42H50ClFN6O9S. The van der Waals surface area contributed by atoms with Gasteiger partial charge in [-0.2, -0.15) is 8.42 Å². The molecule has 60 heavy (non-hydrogen) atoms. The first kappa shape index (κ1) is 41.8. The number of nitrogens with zero attached hydrogens (tertiary/aromatic N) is 5. The number of hydrogen-bond donors (Lipinski definition) is 1. The molecule has 1 N–H and O–H groups in total. The molecule has 5 heterocycles. The van der Waals surface area contributed by atoms with Crippen LogP contribution in [-0.2, 0) is 35.0 Å². The minimum absolute atomic E-state index is 0.0140. The zero-order chi connectivity index (χ0) is 43.0. The minimum atomic E-state index is -4.82. The SMILES string of the molecule is CCOC(=O)CN(c1cc(F)c2nc([C@@H]3CC34CCN(c3cccc5c3OC(C)(c3ccc(Cl)cn3)O5)CC4)n([C@@H]3COCC3(C)C)c2c1)S(=O)(=O)NC(=O)OC(C)(C)C. The van der Waals surface area contributed by atoms with Crippen molar-refractivity contribution in [2.24, 2.45) is 10.8 Å². The summed E-state index contributed by atoms with van der Waals surface area (Å²) in [5, 5.41) is 0.516. The quantitative estimate of drug-likeness (QED) is 0.158. The third-order valence-corrected chi connectivity index (χ3v) is 13.4. The predicted molar refractivity (Wildman–Crippen MR) is 221 cm³/mol. The molecule has 1 aliphatic carbocycles. The number of pyridine rings is 1. The molecule has 2 aromatic heterocycles. The van der Waals surface area contributed by atoms with Gasteiger partial charge < -0.3 is 33.2 Å². The van der Waals surface area contributed by atoms with E-state index in [1.807, 2.05) is 34.4 Å². The van der Waals surface area contributed by atoms with E-state index >= 15 is 4.39 Å². The Hall–Kier alpha value is -4.87. The van der Waals surface area contributed by atoms with E-state index < -0.39 is 46.0 Å². The number of piperidine rings is 1. The van der Waals surface area contributed by atoms with Crippen LogP contribution in [-0.4, -0.2) is 80.1 Å². The zero-order valence-electron chi connectivity index (χ0n) is 34.7.